The highest BCUT2D eigenvalue weighted by Gasteiger charge is 2.09. The van der Waals surface area contributed by atoms with Gasteiger partial charge in [0.15, 0.2) is 0 Å². The third kappa shape index (κ3) is 1.39. The van der Waals surface area contributed by atoms with Gasteiger partial charge in [-0.1, -0.05) is 6.07 Å². The molecule has 0 amide bonds. The first kappa shape index (κ1) is 9.21. The number of imidazole rings is 1. The van der Waals surface area contributed by atoms with Crippen LogP contribution in [0.5, 0.6) is 0 Å². The molecular weight excluding hydrogens is 251 g/mol. The number of halogens is 2. The summed E-state index contributed by atoms with van der Waals surface area (Å²) in [5.41, 5.74) is -0.144. The average molecular weight is 257 g/mol. The normalized spacial score (nSPS) is 10.4. The molecule has 0 saturated heterocycles. The van der Waals surface area contributed by atoms with Gasteiger partial charge in [-0.2, -0.15) is 0 Å². The van der Waals surface area contributed by atoms with Gasteiger partial charge in [0.25, 0.3) is 0 Å². The van der Waals surface area contributed by atoms with Crippen LogP contribution in [0.3, 0.4) is 0 Å². The Hall–Kier alpha value is -1.36. The number of benzene rings is 1. The monoisotopic (exact) mass is 256 g/mol. The first-order chi connectivity index (χ1) is 6.70. The Balaban J connectivity index is 2.74. The second-order valence-corrected chi connectivity index (χ2v) is 3.56. The second-order valence-electron chi connectivity index (χ2n) is 2.71. The Morgan fingerprint density at radius 2 is 2.21 bits per heavy atom. The van der Waals surface area contributed by atoms with Gasteiger partial charge in [-0.05, 0) is 28.1 Å². The predicted molar refractivity (Wildman–Crippen MR) is 54.0 cm³/mol. The Bertz CT molecular complexity index is 497. The molecule has 72 valence electrons. The van der Waals surface area contributed by atoms with Gasteiger partial charge in [0.2, 0.25) is 0 Å². The van der Waals surface area contributed by atoms with Crippen LogP contribution >= 0.6 is 15.9 Å². The van der Waals surface area contributed by atoms with Gasteiger partial charge in [-0.25, -0.2) is 9.18 Å². The molecule has 1 N–H and O–H groups in total. The SMILES string of the molecule is O=c1[nH]ccn1-c1c(F)cccc1Br. The van der Waals surface area contributed by atoms with Crippen LogP contribution in [0.2, 0.25) is 0 Å². The standard InChI is InChI=1S/C9H6BrFN2O/c10-6-2-1-3-7(11)8(6)13-5-4-12-9(13)14/h1-5H,(H,12,14). The van der Waals surface area contributed by atoms with Crippen molar-refractivity contribution in [3.05, 3.63) is 51.4 Å². The number of para-hydroxylation sites is 1. The molecule has 0 radical (unpaired) electrons. The summed E-state index contributed by atoms with van der Waals surface area (Å²) in [6.45, 7) is 0. The largest absolute Gasteiger partial charge is 0.330 e. The molecular formula is C9H6BrFN2O. The van der Waals surface area contributed by atoms with E-state index < -0.39 is 5.82 Å². The van der Waals surface area contributed by atoms with E-state index in [0.29, 0.717) is 4.47 Å². The summed E-state index contributed by atoms with van der Waals surface area (Å²) in [6.07, 6.45) is 2.94. The average Bonchev–Trinajstić information content (AvgIpc) is 2.52. The van der Waals surface area contributed by atoms with Gasteiger partial charge in [0, 0.05) is 16.9 Å². The number of nitrogens with one attached hydrogen (secondary N) is 1. The van der Waals surface area contributed by atoms with Gasteiger partial charge in [0.05, 0.1) is 0 Å². The third-order valence-corrected chi connectivity index (χ3v) is 2.47. The minimum Gasteiger partial charge on any atom is -0.312 e. The molecule has 2 rings (SSSR count). The smallest absolute Gasteiger partial charge is 0.312 e. The van der Waals surface area contributed by atoms with E-state index in [4.69, 9.17) is 0 Å². The molecule has 0 spiro atoms. The summed E-state index contributed by atoms with van der Waals surface area (Å²) < 4.78 is 15.1. The zero-order valence-corrected chi connectivity index (χ0v) is 8.58. The molecule has 3 nitrogen and oxygen atoms in total. The molecule has 0 aliphatic heterocycles. The summed E-state index contributed by atoms with van der Waals surface area (Å²) in [4.78, 5) is 13.7. The number of hydrogen-bond donors (Lipinski definition) is 1. The van der Waals surface area contributed by atoms with E-state index in [1.165, 1.54) is 23.0 Å². The molecule has 1 aromatic carbocycles. The lowest BCUT2D eigenvalue weighted by Gasteiger charge is -2.04. The maximum atomic E-state index is 13.4. The van der Waals surface area contributed by atoms with Crippen molar-refractivity contribution < 1.29 is 4.39 Å². The van der Waals surface area contributed by atoms with E-state index in [9.17, 15) is 9.18 Å². The first-order valence-corrected chi connectivity index (χ1v) is 4.70. The fraction of sp³-hybridized carbons (Fsp3) is 0. The number of aromatic amines is 1. The molecule has 0 aliphatic rings. The minimum atomic E-state index is -0.443. The van der Waals surface area contributed by atoms with Crippen molar-refractivity contribution in [2.75, 3.05) is 0 Å². The number of aromatic nitrogens is 2. The Morgan fingerprint density at radius 1 is 1.43 bits per heavy atom. The Morgan fingerprint density at radius 3 is 2.79 bits per heavy atom. The minimum absolute atomic E-state index is 0.221. The van der Waals surface area contributed by atoms with Gasteiger partial charge in [-0.15, -0.1) is 0 Å². The third-order valence-electron chi connectivity index (χ3n) is 1.83. The molecule has 0 saturated carbocycles. The fourth-order valence-corrected chi connectivity index (χ4v) is 1.75. The van der Waals surface area contributed by atoms with Crippen molar-refractivity contribution in [2.45, 2.75) is 0 Å². The number of rotatable bonds is 1. The van der Waals surface area contributed by atoms with Crippen LogP contribution in [0.15, 0.2) is 39.9 Å². The summed E-state index contributed by atoms with van der Waals surface area (Å²) in [5, 5.41) is 0. The lowest BCUT2D eigenvalue weighted by atomic mass is 10.3. The van der Waals surface area contributed by atoms with Crippen LogP contribution < -0.4 is 5.69 Å². The zero-order chi connectivity index (χ0) is 10.1. The van der Waals surface area contributed by atoms with Crippen molar-refractivity contribution in [3.63, 3.8) is 0 Å². The zero-order valence-electron chi connectivity index (χ0n) is 7.00. The Kier molecular flexibility index (Phi) is 2.25. The van der Waals surface area contributed by atoms with Gasteiger partial charge in [0.1, 0.15) is 11.5 Å². The summed E-state index contributed by atoms with van der Waals surface area (Å²) in [6, 6.07) is 4.55. The molecule has 0 fully saturated rings. The van der Waals surface area contributed by atoms with Crippen molar-refractivity contribution in [1.82, 2.24) is 9.55 Å². The lowest BCUT2D eigenvalue weighted by Crippen LogP contribution is -2.15. The second kappa shape index (κ2) is 3.42. The van der Waals surface area contributed by atoms with Crippen molar-refractivity contribution in [2.24, 2.45) is 0 Å². The van der Waals surface area contributed by atoms with Crippen LogP contribution in [-0.2, 0) is 0 Å². The maximum absolute atomic E-state index is 13.4. The predicted octanol–water partition coefficient (Wildman–Crippen LogP) is 2.07. The molecule has 1 heterocycles. The number of nitrogens with zero attached hydrogens (tertiary/aromatic N) is 1. The lowest BCUT2D eigenvalue weighted by molar-refractivity contribution is 0.615. The Labute approximate surface area is 87.3 Å². The molecule has 5 heteroatoms. The van der Waals surface area contributed by atoms with Gasteiger partial charge in [-0.3, -0.25) is 4.57 Å². The van der Waals surface area contributed by atoms with E-state index in [2.05, 4.69) is 20.9 Å². The van der Waals surface area contributed by atoms with E-state index in [1.807, 2.05) is 0 Å². The summed E-state index contributed by atoms with van der Waals surface area (Å²) in [7, 11) is 0. The number of H-pyrrole nitrogens is 1. The van der Waals surface area contributed by atoms with Crippen molar-refractivity contribution in [3.8, 4) is 5.69 Å². The highest BCUT2D eigenvalue weighted by molar-refractivity contribution is 9.10. The molecule has 0 unspecified atom stereocenters. The highest BCUT2D eigenvalue weighted by Crippen LogP contribution is 2.22. The molecule has 0 bridgehead atoms. The van der Waals surface area contributed by atoms with E-state index in [-0.39, 0.29) is 11.4 Å². The van der Waals surface area contributed by atoms with Crippen molar-refractivity contribution in [1.29, 1.82) is 0 Å². The van der Waals surface area contributed by atoms with Crippen LogP contribution in [0, 0.1) is 5.82 Å². The topological polar surface area (TPSA) is 37.8 Å². The molecule has 1 aromatic heterocycles. The van der Waals surface area contributed by atoms with E-state index >= 15 is 0 Å². The van der Waals surface area contributed by atoms with E-state index in [1.54, 1.807) is 12.1 Å². The van der Waals surface area contributed by atoms with E-state index in [0.717, 1.165) is 0 Å². The van der Waals surface area contributed by atoms with Crippen LogP contribution in [0.4, 0.5) is 4.39 Å². The molecule has 0 atom stereocenters. The van der Waals surface area contributed by atoms with Gasteiger partial charge < -0.3 is 4.98 Å². The molecule has 2 aromatic rings. The highest BCUT2D eigenvalue weighted by atomic mass is 79.9. The molecule has 0 aliphatic carbocycles. The van der Waals surface area contributed by atoms with Crippen LogP contribution in [-0.4, -0.2) is 9.55 Å². The molecule has 14 heavy (non-hydrogen) atoms. The fourth-order valence-electron chi connectivity index (χ4n) is 1.22. The maximum Gasteiger partial charge on any atom is 0.330 e. The number of hydrogen-bond acceptors (Lipinski definition) is 1. The van der Waals surface area contributed by atoms with Crippen LogP contribution in [0.25, 0.3) is 5.69 Å². The van der Waals surface area contributed by atoms with Crippen molar-refractivity contribution >= 4 is 15.9 Å². The van der Waals surface area contributed by atoms with Gasteiger partial charge >= 0.3 is 5.69 Å². The van der Waals surface area contributed by atoms with Crippen LogP contribution in [0.1, 0.15) is 0 Å². The first-order valence-electron chi connectivity index (χ1n) is 3.90. The quantitative estimate of drug-likeness (QED) is 0.834. The summed E-state index contributed by atoms with van der Waals surface area (Å²) in [5.74, 6) is -0.443. The summed E-state index contributed by atoms with van der Waals surface area (Å²) >= 11 is 3.19.